The van der Waals surface area contributed by atoms with Gasteiger partial charge in [0.1, 0.15) is 11.3 Å². The van der Waals surface area contributed by atoms with Crippen LogP contribution in [0.25, 0.3) is 11.1 Å². The Morgan fingerprint density at radius 2 is 2.10 bits per heavy atom. The van der Waals surface area contributed by atoms with Crippen LogP contribution in [0.2, 0.25) is 0 Å². The predicted octanol–water partition coefficient (Wildman–Crippen LogP) is 3.47. The molecule has 0 aliphatic carbocycles. The standard InChI is InChI=1S/C15H15N3O2/c1-9-8-10(6-7-12(9)19-2)17-15-18-14-11(16)4-3-5-13(14)20-15/h3-8H,16H2,1-2H3,(H,17,18). The van der Waals surface area contributed by atoms with E-state index in [2.05, 4.69) is 10.3 Å². The maximum atomic E-state index is 5.86. The summed E-state index contributed by atoms with van der Waals surface area (Å²) in [6.45, 7) is 1.98. The molecule has 0 unspecified atom stereocenters. The molecule has 0 radical (unpaired) electrons. The molecule has 0 spiro atoms. The van der Waals surface area contributed by atoms with Crippen LogP contribution in [0.4, 0.5) is 17.4 Å². The van der Waals surface area contributed by atoms with Gasteiger partial charge < -0.3 is 20.2 Å². The van der Waals surface area contributed by atoms with Gasteiger partial charge in [0.05, 0.1) is 12.8 Å². The summed E-state index contributed by atoms with van der Waals surface area (Å²) in [5.74, 6) is 0.845. The molecule has 0 saturated carbocycles. The van der Waals surface area contributed by atoms with Gasteiger partial charge in [-0.1, -0.05) is 6.07 Å². The Labute approximate surface area is 116 Å². The maximum Gasteiger partial charge on any atom is 0.300 e. The van der Waals surface area contributed by atoms with Crippen molar-refractivity contribution in [1.29, 1.82) is 0 Å². The van der Waals surface area contributed by atoms with Crippen molar-refractivity contribution in [2.75, 3.05) is 18.2 Å². The highest BCUT2D eigenvalue weighted by Crippen LogP contribution is 2.27. The number of para-hydroxylation sites is 1. The van der Waals surface area contributed by atoms with E-state index >= 15 is 0 Å². The topological polar surface area (TPSA) is 73.3 Å². The quantitative estimate of drug-likeness (QED) is 0.712. The van der Waals surface area contributed by atoms with Crippen molar-refractivity contribution in [3.8, 4) is 5.75 Å². The highest BCUT2D eigenvalue weighted by molar-refractivity contribution is 5.86. The van der Waals surface area contributed by atoms with Gasteiger partial charge in [0.25, 0.3) is 6.01 Å². The molecule has 1 aromatic heterocycles. The van der Waals surface area contributed by atoms with E-state index < -0.39 is 0 Å². The average Bonchev–Trinajstić information content (AvgIpc) is 2.83. The first-order chi connectivity index (χ1) is 9.67. The van der Waals surface area contributed by atoms with Crippen molar-refractivity contribution in [2.24, 2.45) is 0 Å². The van der Waals surface area contributed by atoms with Crippen LogP contribution in [0.1, 0.15) is 5.56 Å². The number of nitrogens with zero attached hydrogens (tertiary/aromatic N) is 1. The highest BCUT2D eigenvalue weighted by atomic mass is 16.5. The minimum Gasteiger partial charge on any atom is -0.496 e. The fraction of sp³-hybridized carbons (Fsp3) is 0.133. The van der Waals surface area contributed by atoms with Gasteiger partial charge in [0, 0.05) is 5.69 Å². The zero-order chi connectivity index (χ0) is 14.1. The first-order valence-corrected chi connectivity index (χ1v) is 6.24. The minimum atomic E-state index is 0.419. The summed E-state index contributed by atoms with van der Waals surface area (Å²) < 4.78 is 10.8. The molecule has 5 nitrogen and oxygen atoms in total. The van der Waals surface area contributed by atoms with Gasteiger partial charge in [-0.05, 0) is 42.8 Å². The molecule has 0 bridgehead atoms. The largest absolute Gasteiger partial charge is 0.496 e. The molecule has 3 rings (SSSR count). The summed E-state index contributed by atoms with van der Waals surface area (Å²) in [5.41, 5.74) is 9.71. The fourth-order valence-corrected chi connectivity index (χ4v) is 2.10. The number of benzene rings is 2. The lowest BCUT2D eigenvalue weighted by Gasteiger charge is -2.07. The molecular weight excluding hydrogens is 254 g/mol. The molecule has 3 N–H and O–H groups in total. The van der Waals surface area contributed by atoms with Gasteiger partial charge in [0.2, 0.25) is 0 Å². The molecule has 0 aliphatic heterocycles. The molecule has 5 heteroatoms. The van der Waals surface area contributed by atoms with Crippen LogP contribution in [0, 0.1) is 6.92 Å². The van der Waals surface area contributed by atoms with E-state index in [0.29, 0.717) is 22.8 Å². The number of nitrogens with two attached hydrogens (primary N) is 1. The van der Waals surface area contributed by atoms with Crippen LogP contribution in [-0.2, 0) is 0 Å². The lowest BCUT2D eigenvalue weighted by molar-refractivity contribution is 0.412. The molecule has 102 valence electrons. The third kappa shape index (κ3) is 2.14. The van der Waals surface area contributed by atoms with E-state index in [1.807, 2.05) is 37.3 Å². The number of rotatable bonds is 3. The molecule has 20 heavy (non-hydrogen) atoms. The second-order valence-corrected chi connectivity index (χ2v) is 4.52. The van der Waals surface area contributed by atoms with Crippen molar-refractivity contribution >= 4 is 28.5 Å². The van der Waals surface area contributed by atoms with E-state index in [9.17, 15) is 0 Å². The molecule has 0 amide bonds. The average molecular weight is 269 g/mol. The van der Waals surface area contributed by atoms with Crippen molar-refractivity contribution in [3.05, 3.63) is 42.0 Å². The van der Waals surface area contributed by atoms with Gasteiger partial charge in [-0.3, -0.25) is 0 Å². The van der Waals surface area contributed by atoms with Gasteiger partial charge in [-0.25, -0.2) is 0 Å². The summed E-state index contributed by atoms with van der Waals surface area (Å²) >= 11 is 0. The number of fused-ring (bicyclic) bond motifs is 1. The summed E-state index contributed by atoms with van der Waals surface area (Å²) in [6.07, 6.45) is 0. The van der Waals surface area contributed by atoms with Crippen molar-refractivity contribution in [2.45, 2.75) is 6.92 Å². The summed E-state index contributed by atoms with van der Waals surface area (Å²) in [6, 6.07) is 11.7. The smallest absolute Gasteiger partial charge is 0.300 e. The summed E-state index contributed by atoms with van der Waals surface area (Å²) in [5, 5.41) is 3.12. The van der Waals surface area contributed by atoms with Crippen molar-refractivity contribution in [1.82, 2.24) is 4.98 Å². The third-order valence-electron chi connectivity index (χ3n) is 3.10. The van der Waals surface area contributed by atoms with Crippen LogP contribution in [0.3, 0.4) is 0 Å². The number of nitrogens with one attached hydrogen (secondary N) is 1. The summed E-state index contributed by atoms with van der Waals surface area (Å²) in [4.78, 5) is 4.35. The monoisotopic (exact) mass is 269 g/mol. The van der Waals surface area contributed by atoms with E-state index in [1.54, 1.807) is 13.2 Å². The number of aryl methyl sites for hydroxylation is 1. The lowest BCUT2D eigenvalue weighted by Crippen LogP contribution is -1.93. The van der Waals surface area contributed by atoms with Gasteiger partial charge >= 0.3 is 0 Å². The lowest BCUT2D eigenvalue weighted by atomic mass is 10.2. The van der Waals surface area contributed by atoms with Crippen LogP contribution >= 0.6 is 0 Å². The molecule has 3 aromatic rings. The minimum absolute atomic E-state index is 0.419. The second kappa shape index (κ2) is 4.77. The fourth-order valence-electron chi connectivity index (χ4n) is 2.10. The zero-order valence-electron chi connectivity index (χ0n) is 11.3. The third-order valence-corrected chi connectivity index (χ3v) is 3.10. The molecule has 0 atom stereocenters. The van der Waals surface area contributed by atoms with Gasteiger partial charge in [-0.15, -0.1) is 0 Å². The van der Waals surface area contributed by atoms with E-state index in [4.69, 9.17) is 14.9 Å². The zero-order valence-corrected chi connectivity index (χ0v) is 11.3. The van der Waals surface area contributed by atoms with Gasteiger partial charge in [-0.2, -0.15) is 4.98 Å². The van der Waals surface area contributed by atoms with Crippen LogP contribution in [0.5, 0.6) is 5.75 Å². The second-order valence-electron chi connectivity index (χ2n) is 4.52. The Morgan fingerprint density at radius 1 is 1.25 bits per heavy atom. The molecule has 1 heterocycles. The number of hydrogen-bond acceptors (Lipinski definition) is 5. The first-order valence-electron chi connectivity index (χ1n) is 6.24. The Bertz CT molecular complexity index is 765. The van der Waals surface area contributed by atoms with Crippen LogP contribution < -0.4 is 15.8 Å². The van der Waals surface area contributed by atoms with E-state index in [0.717, 1.165) is 17.0 Å². The first kappa shape index (κ1) is 12.3. The van der Waals surface area contributed by atoms with Crippen molar-refractivity contribution < 1.29 is 9.15 Å². The number of oxazole rings is 1. The van der Waals surface area contributed by atoms with Crippen LogP contribution in [-0.4, -0.2) is 12.1 Å². The molecule has 0 fully saturated rings. The number of methoxy groups -OCH3 is 1. The Hall–Kier alpha value is -2.69. The number of aromatic nitrogens is 1. The molecule has 0 saturated heterocycles. The Morgan fingerprint density at radius 3 is 2.80 bits per heavy atom. The number of nitrogen functional groups attached to an aromatic ring is 1. The SMILES string of the molecule is COc1ccc(Nc2nc3c(N)cccc3o2)cc1C. The molecule has 2 aromatic carbocycles. The Balaban J connectivity index is 1.93. The highest BCUT2D eigenvalue weighted by Gasteiger charge is 2.08. The normalized spacial score (nSPS) is 10.7. The van der Waals surface area contributed by atoms with Gasteiger partial charge in [0.15, 0.2) is 5.58 Å². The Kier molecular flexibility index (Phi) is 2.95. The maximum absolute atomic E-state index is 5.86. The molecule has 0 aliphatic rings. The number of hydrogen-bond donors (Lipinski definition) is 2. The van der Waals surface area contributed by atoms with E-state index in [1.165, 1.54) is 0 Å². The number of anilines is 3. The number of ether oxygens (including phenoxy) is 1. The summed E-state index contributed by atoms with van der Waals surface area (Å²) in [7, 11) is 1.65. The predicted molar refractivity (Wildman–Crippen MR) is 79.4 cm³/mol. The van der Waals surface area contributed by atoms with E-state index in [-0.39, 0.29) is 0 Å². The molecular formula is C15H15N3O2. The van der Waals surface area contributed by atoms with Crippen LogP contribution in [0.15, 0.2) is 40.8 Å². The van der Waals surface area contributed by atoms with Crippen molar-refractivity contribution in [3.63, 3.8) is 0 Å².